The molecule has 156 valence electrons. The number of carbonyl (C=O) groups excluding carboxylic acids is 1. The van der Waals surface area contributed by atoms with Crippen LogP contribution in [0.25, 0.3) is 11.0 Å². The van der Waals surface area contributed by atoms with Crippen LogP contribution in [-0.2, 0) is 17.4 Å². The third-order valence-electron chi connectivity index (χ3n) is 5.34. The van der Waals surface area contributed by atoms with Crippen molar-refractivity contribution < 1.29 is 18.0 Å². The van der Waals surface area contributed by atoms with Gasteiger partial charge in [-0.1, -0.05) is 30.3 Å². The lowest BCUT2D eigenvalue weighted by Gasteiger charge is -2.25. The third-order valence-corrected chi connectivity index (χ3v) is 5.34. The molecule has 1 fully saturated rings. The molecule has 2 aromatic heterocycles. The molecule has 0 saturated carbocycles. The molecule has 1 aliphatic heterocycles. The lowest BCUT2D eigenvalue weighted by atomic mass is 10.0. The topological polar surface area (TPSA) is 85.0 Å². The van der Waals surface area contributed by atoms with Gasteiger partial charge in [-0.15, -0.1) is 0 Å². The first kappa shape index (κ1) is 20.1. The van der Waals surface area contributed by atoms with Crippen LogP contribution in [0.4, 0.5) is 19.0 Å². The van der Waals surface area contributed by atoms with E-state index < -0.39 is 17.8 Å². The highest BCUT2D eigenvalue weighted by Crippen LogP contribution is 2.39. The quantitative estimate of drug-likeness (QED) is 0.698. The zero-order valence-corrected chi connectivity index (χ0v) is 16.1. The van der Waals surface area contributed by atoms with Crippen LogP contribution in [0.1, 0.15) is 42.1 Å². The zero-order valence-electron chi connectivity index (χ0n) is 16.1. The van der Waals surface area contributed by atoms with E-state index in [1.54, 1.807) is 4.90 Å². The van der Waals surface area contributed by atoms with Crippen molar-refractivity contribution >= 4 is 22.8 Å². The van der Waals surface area contributed by atoms with Crippen molar-refractivity contribution in [2.75, 3.05) is 12.3 Å². The van der Waals surface area contributed by atoms with Crippen LogP contribution < -0.4 is 5.73 Å². The number of aromatic nitrogens is 3. The van der Waals surface area contributed by atoms with Gasteiger partial charge in [0.25, 0.3) is 0 Å². The van der Waals surface area contributed by atoms with Crippen molar-refractivity contribution in [3.05, 3.63) is 59.5 Å². The molecule has 0 radical (unpaired) electrons. The molecular weight excluding hydrogens is 395 g/mol. The fraction of sp³-hybridized carbons (Fsp3) is 0.333. The molecule has 0 aliphatic carbocycles. The van der Waals surface area contributed by atoms with Crippen LogP contribution in [0, 0.1) is 0 Å². The Labute approximate surface area is 171 Å². The molecule has 9 heteroatoms. The number of aryl methyl sites for hydroxylation is 1. The molecular formula is C21H20F3N5O. The molecule has 1 saturated heterocycles. The Bertz CT molecular complexity index is 1070. The Hall–Kier alpha value is -3.23. The number of pyridine rings is 1. The first-order valence-corrected chi connectivity index (χ1v) is 9.66. The molecule has 0 spiro atoms. The maximum absolute atomic E-state index is 13.7. The minimum Gasteiger partial charge on any atom is -0.383 e. The number of carbonyl (C=O) groups is 1. The molecule has 3 heterocycles. The molecule has 2 N–H and O–H groups in total. The molecule has 1 aromatic carbocycles. The van der Waals surface area contributed by atoms with E-state index in [-0.39, 0.29) is 34.9 Å². The van der Waals surface area contributed by atoms with Gasteiger partial charge in [-0.05, 0) is 30.9 Å². The highest BCUT2D eigenvalue weighted by atomic mass is 19.4. The Kier molecular flexibility index (Phi) is 5.27. The summed E-state index contributed by atoms with van der Waals surface area (Å²) in [5, 5.41) is -0.311. The average Bonchev–Trinajstić information content (AvgIpc) is 3.21. The monoisotopic (exact) mass is 415 g/mol. The number of rotatable bonds is 4. The van der Waals surface area contributed by atoms with E-state index in [2.05, 4.69) is 15.0 Å². The fourth-order valence-corrected chi connectivity index (χ4v) is 3.91. The Morgan fingerprint density at radius 2 is 1.97 bits per heavy atom. The minimum absolute atomic E-state index is 0.0981. The number of likely N-dealkylation sites (tertiary alicyclic amines) is 1. The number of nitrogens with two attached hydrogens (primary N) is 1. The van der Waals surface area contributed by atoms with Crippen LogP contribution >= 0.6 is 0 Å². The van der Waals surface area contributed by atoms with E-state index in [4.69, 9.17) is 5.73 Å². The second kappa shape index (κ2) is 7.89. The number of amides is 1. The second-order valence-electron chi connectivity index (χ2n) is 7.28. The van der Waals surface area contributed by atoms with Crippen LogP contribution in [0.5, 0.6) is 0 Å². The van der Waals surface area contributed by atoms with Gasteiger partial charge in [0.05, 0.1) is 22.7 Å². The number of hydrogen-bond donors (Lipinski definition) is 1. The van der Waals surface area contributed by atoms with Crippen molar-refractivity contribution in [2.45, 2.75) is 37.9 Å². The van der Waals surface area contributed by atoms with Crippen molar-refractivity contribution in [1.29, 1.82) is 0 Å². The van der Waals surface area contributed by atoms with Gasteiger partial charge >= 0.3 is 6.18 Å². The SMILES string of the molecule is Nc1ncnc2nc([C@H]3CCCN3C(=O)CCc3ccccc3)cc(C(F)(F)F)c12. The predicted molar refractivity (Wildman–Crippen MR) is 105 cm³/mol. The first-order valence-electron chi connectivity index (χ1n) is 9.66. The number of nitrogens with zero attached hydrogens (tertiary/aromatic N) is 4. The normalized spacial score (nSPS) is 16.9. The average molecular weight is 415 g/mol. The van der Waals surface area contributed by atoms with Crippen molar-refractivity contribution in [2.24, 2.45) is 0 Å². The van der Waals surface area contributed by atoms with Crippen molar-refractivity contribution in [1.82, 2.24) is 19.9 Å². The van der Waals surface area contributed by atoms with Gasteiger partial charge in [-0.25, -0.2) is 15.0 Å². The van der Waals surface area contributed by atoms with Gasteiger partial charge in [-0.2, -0.15) is 13.2 Å². The van der Waals surface area contributed by atoms with Gasteiger partial charge in [0.2, 0.25) is 5.91 Å². The molecule has 6 nitrogen and oxygen atoms in total. The largest absolute Gasteiger partial charge is 0.417 e. The van der Waals surface area contributed by atoms with E-state index in [0.29, 0.717) is 25.8 Å². The van der Waals surface area contributed by atoms with Gasteiger partial charge in [-0.3, -0.25) is 4.79 Å². The first-order chi connectivity index (χ1) is 14.3. The molecule has 0 unspecified atom stereocenters. The summed E-state index contributed by atoms with van der Waals surface area (Å²) in [5.74, 6) is -0.368. The number of hydrogen-bond acceptors (Lipinski definition) is 5. The molecule has 1 atom stereocenters. The Balaban J connectivity index is 1.64. The number of fused-ring (bicyclic) bond motifs is 1. The highest BCUT2D eigenvalue weighted by Gasteiger charge is 2.37. The minimum atomic E-state index is -4.64. The summed E-state index contributed by atoms with van der Waals surface area (Å²) in [4.78, 5) is 26.3. The smallest absolute Gasteiger partial charge is 0.383 e. The van der Waals surface area contributed by atoms with Gasteiger partial charge < -0.3 is 10.6 Å². The predicted octanol–water partition coefficient (Wildman–Crippen LogP) is 3.92. The number of nitrogen functional groups attached to an aromatic ring is 1. The summed E-state index contributed by atoms with van der Waals surface area (Å²) in [6.07, 6.45) is -1.44. The van der Waals surface area contributed by atoms with E-state index >= 15 is 0 Å². The number of benzene rings is 1. The molecule has 4 rings (SSSR count). The van der Waals surface area contributed by atoms with Crippen molar-refractivity contribution in [3.8, 4) is 0 Å². The summed E-state index contributed by atoms with van der Waals surface area (Å²) in [6, 6.07) is 10.1. The summed E-state index contributed by atoms with van der Waals surface area (Å²) in [5.41, 5.74) is 5.85. The van der Waals surface area contributed by atoms with Gasteiger partial charge in [0, 0.05) is 13.0 Å². The maximum atomic E-state index is 13.7. The zero-order chi connectivity index (χ0) is 21.3. The van der Waals surface area contributed by atoms with Gasteiger partial charge in [0.15, 0.2) is 5.65 Å². The molecule has 1 aliphatic rings. The Morgan fingerprint density at radius 1 is 1.20 bits per heavy atom. The summed E-state index contributed by atoms with van der Waals surface area (Å²) in [7, 11) is 0. The lowest BCUT2D eigenvalue weighted by Crippen LogP contribution is -2.31. The van der Waals surface area contributed by atoms with E-state index in [9.17, 15) is 18.0 Å². The molecule has 0 bridgehead atoms. The molecule has 30 heavy (non-hydrogen) atoms. The van der Waals surface area contributed by atoms with Gasteiger partial charge in [0.1, 0.15) is 12.1 Å². The van der Waals surface area contributed by atoms with E-state index in [1.165, 1.54) is 0 Å². The fourth-order valence-electron chi connectivity index (χ4n) is 3.91. The van der Waals surface area contributed by atoms with Crippen molar-refractivity contribution in [3.63, 3.8) is 0 Å². The van der Waals surface area contributed by atoms with Crippen LogP contribution in [0.3, 0.4) is 0 Å². The van der Waals surface area contributed by atoms with Crippen LogP contribution in [0.2, 0.25) is 0 Å². The molecule has 1 amide bonds. The Morgan fingerprint density at radius 3 is 2.70 bits per heavy atom. The number of alkyl halides is 3. The second-order valence-corrected chi connectivity index (χ2v) is 7.28. The summed E-state index contributed by atoms with van der Waals surface area (Å²) >= 11 is 0. The standard InChI is InChI=1S/C21H20F3N5O/c22-21(23,24)14-11-15(28-20-18(14)19(25)26-12-27-20)16-7-4-10-29(16)17(30)9-8-13-5-2-1-3-6-13/h1-3,5-6,11-12,16H,4,7-10H2,(H2,25,26,27,28)/t16-/m1/s1. The number of halogens is 3. The van der Waals surface area contributed by atoms with E-state index in [1.807, 2.05) is 30.3 Å². The van der Waals surface area contributed by atoms with Crippen LogP contribution in [0.15, 0.2) is 42.7 Å². The summed E-state index contributed by atoms with van der Waals surface area (Å²) < 4.78 is 41.1. The number of anilines is 1. The summed E-state index contributed by atoms with van der Waals surface area (Å²) in [6.45, 7) is 0.491. The lowest BCUT2D eigenvalue weighted by molar-refractivity contribution is -0.136. The third kappa shape index (κ3) is 3.92. The maximum Gasteiger partial charge on any atom is 0.417 e. The molecule has 3 aromatic rings. The highest BCUT2D eigenvalue weighted by molar-refractivity contribution is 5.89. The van der Waals surface area contributed by atoms with E-state index in [0.717, 1.165) is 18.0 Å². The van der Waals surface area contributed by atoms with Crippen LogP contribution in [-0.4, -0.2) is 32.3 Å².